The Morgan fingerprint density at radius 3 is 2.35 bits per heavy atom. The second-order valence-electron chi connectivity index (χ2n) is 7.79. The Hall–Kier alpha value is -4.01. The van der Waals surface area contributed by atoms with Crippen LogP contribution in [0.1, 0.15) is 34.8 Å². The molecule has 34 heavy (non-hydrogen) atoms. The standard InChI is InChI=1S/C25H22F2N2O5/c1-33-22-12-9-16(23(28-22)34-2)15-8-7-14(13-19(15)27)24(30)29-20(10-11-21(29)25(31)32)17-5-3-4-6-18(17)26/h3-9,12-13,20-21H,10-11H2,1-2H3,(H,31,32). The Kier molecular flexibility index (Phi) is 6.45. The molecule has 9 heteroatoms. The summed E-state index contributed by atoms with van der Waals surface area (Å²) in [4.78, 5) is 30.5. The van der Waals surface area contributed by atoms with E-state index in [4.69, 9.17) is 9.47 Å². The van der Waals surface area contributed by atoms with Crippen LogP contribution in [0.5, 0.6) is 11.8 Å². The molecule has 0 saturated carbocycles. The number of ether oxygens (including phenoxy) is 2. The van der Waals surface area contributed by atoms with E-state index in [0.717, 1.165) is 11.0 Å². The van der Waals surface area contributed by atoms with Gasteiger partial charge >= 0.3 is 5.97 Å². The van der Waals surface area contributed by atoms with E-state index in [0.29, 0.717) is 11.4 Å². The number of aliphatic carboxylic acids is 1. The van der Waals surface area contributed by atoms with Gasteiger partial charge in [-0.15, -0.1) is 0 Å². The molecule has 1 saturated heterocycles. The molecule has 0 spiro atoms. The van der Waals surface area contributed by atoms with E-state index >= 15 is 4.39 Å². The maximum Gasteiger partial charge on any atom is 0.326 e. The van der Waals surface area contributed by atoms with Gasteiger partial charge in [-0.1, -0.05) is 24.3 Å². The first kappa shape index (κ1) is 23.2. The van der Waals surface area contributed by atoms with Gasteiger partial charge in [0.2, 0.25) is 11.8 Å². The van der Waals surface area contributed by atoms with Gasteiger partial charge in [-0.3, -0.25) is 4.79 Å². The summed E-state index contributed by atoms with van der Waals surface area (Å²) < 4.78 is 39.9. The zero-order chi connectivity index (χ0) is 24.4. The number of carbonyl (C=O) groups excluding carboxylic acids is 1. The third-order valence-corrected chi connectivity index (χ3v) is 5.91. The molecule has 176 valence electrons. The monoisotopic (exact) mass is 468 g/mol. The molecule has 0 aliphatic carbocycles. The van der Waals surface area contributed by atoms with Gasteiger partial charge in [-0.05, 0) is 37.1 Å². The molecule has 2 aromatic carbocycles. The highest BCUT2D eigenvalue weighted by Crippen LogP contribution is 2.39. The molecular formula is C25H22F2N2O5. The van der Waals surface area contributed by atoms with Crippen LogP contribution in [-0.2, 0) is 4.79 Å². The highest BCUT2D eigenvalue weighted by molar-refractivity contribution is 5.98. The largest absolute Gasteiger partial charge is 0.481 e. The van der Waals surface area contributed by atoms with Crippen molar-refractivity contribution in [2.45, 2.75) is 24.9 Å². The molecule has 7 nitrogen and oxygen atoms in total. The first-order chi connectivity index (χ1) is 16.3. The number of rotatable bonds is 6. The molecular weight excluding hydrogens is 446 g/mol. The van der Waals surface area contributed by atoms with Gasteiger partial charge in [0.25, 0.3) is 5.91 Å². The van der Waals surface area contributed by atoms with Crippen LogP contribution >= 0.6 is 0 Å². The van der Waals surface area contributed by atoms with Crippen LogP contribution in [0.25, 0.3) is 11.1 Å². The lowest BCUT2D eigenvalue weighted by Crippen LogP contribution is -2.42. The van der Waals surface area contributed by atoms with Crippen LogP contribution in [-0.4, -0.2) is 47.1 Å². The Bertz CT molecular complexity index is 1250. The van der Waals surface area contributed by atoms with Crippen molar-refractivity contribution in [2.75, 3.05) is 14.2 Å². The van der Waals surface area contributed by atoms with Crippen molar-refractivity contribution in [3.8, 4) is 22.9 Å². The number of halogens is 2. The minimum Gasteiger partial charge on any atom is -0.481 e. The average molecular weight is 468 g/mol. The molecule has 2 unspecified atom stereocenters. The first-order valence-electron chi connectivity index (χ1n) is 10.5. The second-order valence-corrected chi connectivity index (χ2v) is 7.79. The summed E-state index contributed by atoms with van der Waals surface area (Å²) in [5, 5.41) is 9.67. The molecule has 1 fully saturated rings. The maximum absolute atomic E-state index is 15.2. The zero-order valence-corrected chi connectivity index (χ0v) is 18.5. The quantitative estimate of drug-likeness (QED) is 0.574. The number of likely N-dealkylation sites (tertiary alicyclic amines) is 1. The van der Waals surface area contributed by atoms with Gasteiger partial charge in [0, 0.05) is 28.3 Å². The van der Waals surface area contributed by atoms with Crippen molar-refractivity contribution >= 4 is 11.9 Å². The molecule has 1 aliphatic heterocycles. The predicted octanol–water partition coefficient (Wildman–Crippen LogP) is 4.47. The number of methoxy groups -OCH3 is 2. The average Bonchev–Trinajstić information content (AvgIpc) is 3.28. The molecule has 1 N–H and O–H groups in total. The molecule has 0 bridgehead atoms. The van der Waals surface area contributed by atoms with Crippen molar-refractivity contribution in [3.63, 3.8) is 0 Å². The number of amides is 1. The van der Waals surface area contributed by atoms with Crippen molar-refractivity contribution in [1.29, 1.82) is 0 Å². The maximum atomic E-state index is 15.2. The number of hydrogen-bond donors (Lipinski definition) is 1. The van der Waals surface area contributed by atoms with Gasteiger partial charge in [-0.25, -0.2) is 13.6 Å². The lowest BCUT2D eigenvalue weighted by Gasteiger charge is -2.29. The van der Waals surface area contributed by atoms with E-state index in [1.165, 1.54) is 44.6 Å². The summed E-state index contributed by atoms with van der Waals surface area (Å²) >= 11 is 0. The zero-order valence-electron chi connectivity index (χ0n) is 18.5. The van der Waals surface area contributed by atoms with Gasteiger partial charge in [0.05, 0.1) is 20.3 Å². The van der Waals surface area contributed by atoms with Gasteiger partial charge in [-0.2, -0.15) is 4.98 Å². The summed E-state index contributed by atoms with van der Waals surface area (Å²) in [5.74, 6) is -2.70. The lowest BCUT2D eigenvalue weighted by molar-refractivity contribution is -0.141. The van der Waals surface area contributed by atoms with Crippen molar-refractivity contribution < 1.29 is 33.0 Å². The molecule has 1 aliphatic rings. The summed E-state index contributed by atoms with van der Waals surface area (Å²) in [5.41, 5.74) is 0.681. The lowest BCUT2D eigenvalue weighted by atomic mass is 10.0. The minimum absolute atomic E-state index is 0.0452. The van der Waals surface area contributed by atoms with Crippen molar-refractivity contribution in [1.82, 2.24) is 9.88 Å². The van der Waals surface area contributed by atoms with E-state index < -0.39 is 35.6 Å². The van der Waals surface area contributed by atoms with E-state index in [9.17, 15) is 19.1 Å². The third kappa shape index (κ3) is 4.16. The third-order valence-electron chi connectivity index (χ3n) is 5.91. The SMILES string of the molecule is COc1ccc(-c2ccc(C(=O)N3C(C(=O)O)CCC3c3ccccc3F)cc2F)c(OC)n1. The van der Waals surface area contributed by atoms with Crippen molar-refractivity contribution in [2.24, 2.45) is 0 Å². The number of carboxylic acids is 1. The normalized spacial score (nSPS) is 17.5. The van der Waals surface area contributed by atoms with Crippen LogP contribution in [0, 0.1) is 11.6 Å². The van der Waals surface area contributed by atoms with Crippen LogP contribution < -0.4 is 9.47 Å². The van der Waals surface area contributed by atoms with Gasteiger partial charge < -0.3 is 19.5 Å². The highest BCUT2D eigenvalue weighted by Gasteiger charge is 2.43. The van der Waals surface area contributed by atoms with Crippen LogP contribution in [0.3, 0.4) is 0 Å². The van der Waals surface area contributed by atoms with E-state index in [1.807, 2.05) is 0 Å². The number of nitrogens with zero attached hydrogens (tertiary/aromatic N) is 2. The number of hydrogen-bond acceptors (Lipinski definition) is 5. The Labute approximate surface area is 194 Å². The fraction of sp³-hybridized carbons (Fsp3) is 0.240. The number of pyridine rings is 1. The van der Waals surface area contributed by atoms with Crippen LogP contribution in [0.2, 0.25) is 0 Å². The first-order valence-corrected chi connectivity index (χ1v) is 10.5. The molecule has 2 atom stereocenters. The Balaban J connectivity index is 1.71. The fourth-order valence-corrected chi connectivity index (χ4v) is 4.30. The fourth-order valence-electron chi connectivity index (χ4n) is 4.30. The van der Waals surface area contributed by atoms with E-state index in [1.54, 1.807) is 18.2 Å². The molecule has 1 amide bonds. The Morgan fingerprint density at radius 1 is 0.971 bits per heavy atom. The Morgan fingerprint density at radius 2 is 1.71 bits per heavy atom. The molecule has 1 aromatic heterocycles. The van der Waals surface area contributed by atoms with Gasteiger partial charge in [0.15, 0.2) is 0 Å². The molecule has 0 radical (unpaired) electrons. The second kappa shape index (κ2) is 9.46. The summed E-state index contributed by atoms with van der Waals surface area (Å²) in [7, 11) is 2.84. The minimum atomic E-state index is -1.20. The smallest absolute Gasteiger partial charge is 0.326 e. The van der Waals surface area contributed by atoms with E-state index in [-0.39, 0.29) is 35.4 Å². The topological polar surface area (TPSA) is 89.0 Å². The number of benzene rings is 2. The molecule has 3 aromatic rings. The predicted molar refractivity (Wildman–Crippen MR) is 119 cm³/mol. The summed E-state index contributed by atoms with van der Waals surface area (Å²) in [6.07, 6.45) is 0.439. The summed E-state index contributed by atoms with van der Waals surface area (Å²) in [6, 6.07) is 11.0. The van der Waals surface area contributed by atoms with E-state index in [2.05, 4.69) is 4.98 Å². The number of carboxylic acid groups (broad SMARTS) is 1. The van der Waals surface area contributed by atoms with Crippen LogP contribution in [0.4, 0.5) is 8.78 Å². The summed E-state index contributed by atoms with van der Waals surface area (Å²) in [6.45, 7) is 0. The number of aromatic nitrogens is 1. The van der Waals surface area contributed by atoms with Crippen molar-refractivity contribution in [3.05, 3.63) is 77.4 Å². The van der Waals surface area contributed by atoms with Gasteiger partial charge in [0.1, 0.15) is 17.7 Å². The number of carbonyl (C=O) groups is 2. The van der Waals surface area contributed by atoms with Crippen LogP contribution in [0.15, 0.2) is 54.6 Å². The molecule has 2 heterocycles. The highest BCUT2D eigenvalue weighted by atomic mass is 19.1. The molecule has 4 rings (SSSR count).